The monoisotopic (exact) mass is 1550 g/mol. The Bertz CT molecular complexity index is 8040. The zero-order valence-electron chi connectivity index (χ0n) is 66.0. The summed E-state index contributed by atoms with van der Waals surface area (Å²) in [5.74, 6) is 0.667. The summed E-state index contributed by atoms with van der Waals surface area (Å²) in [6, 6.07) is 148. The van der Waals surface area contributed by atoms with Crippen molar-refractivity contribution in [3.8, 4) is 124 Å². The zero-order chi connectivity index (χ0) is 80.6. The van der Waals surface area contributed by atoms with Gasteiger partial charge in [0.25, 0.3) is 0 Å². The molecule has 0 unspecified atom stereocenters. The first kappa shape index (κ1) is 70.9. The van der Waals surface area contributed by atoms with Gasteiger partial charge >= 0.3 is 0 Å². The van der Waals surface area contributed by atoms with Gasteiger partial charge < -0.3 is 9.13 Å². The summed E-state index contributed by atoms with van der Waals surface area (Å²) < 4.78 is 4.83. The van der Waals surface area contributed by atoms with Crippen LogP contribution in [0.15, 0.2) is 431 Å². The van der Waals surface area contributed by atoms with Crippen molar-refractivity contribution >= 4 is 109 Å². The summed E-state index contributed by atoms with van der Waals surface area (Å²) in [6.45, 7) is 0. The van der Waals surface area contributed by atoms with Crippen molar-refractivity contribution in [2.45, 2.75) is 0 Å². The van der Waals surface area contributed by atoms with Gasteiger partial charge in [-0.05, 0) is 192 Å². The van der Waals surface area contributed by atoms with Crippen molar-refractivity contribution in [2.24, 2.45) is 0 Å². The number of rotatable bonds is 12. The third kappa shape index (κ3) is 12.5. The quantitative estimate of drug-likeness (QED) is 0.112. The second-order valence-electron chi connectivity index (χ2n) is 31.0. The Hall–Kier alpha value is -16.5. The lowest BCUT2D eigenvalue weighted by molar-refractivity contribution is 1.17. The van der Waals surface area contributed by atoms with Crippen molar-refractivity contribution in [3.63, 3.8) is 0 Å². The lowest BCUT2D eigenvalue weighted by atomic mass is 9.93. The summed E-state index contributed by atoms with van der Waals surface area (Å²) in [5, 5.41) is 16.5. The maximum absolute atomic E-state index is 5.52. The Morgan fingerprint density at radius 2 is 0.525 bits per heavy atom. The van der Waals surface area contributed by atoms with E-state index in [-0.39, 0.29) is 0 Å². The number of para-hydroxylation sites is 4. The Balaban J connectivity index is 0.000000144. The maximum Gasteiger partial charge on any atom is 0.160 e. The van der Waals surface area contributed by atoms with E-state index in [1.54, 1.807) is 12.4 Å². The molecule has 0 saturated heterocycles. The second-order valence-corrected chi connectivity index (χ2v) is 31.0. The van der Waals surface area contributed by atoms with Crippen LogP contribution in [0.3, 0.4) is 0 Å². The third-order valence-corrected chi connectivity index (χ3v) is 23.9. The van der Waals surface area contributed by atoms with Crippen LogP contribution in [-0.2, 0) is 0 Å². The van der Waals surface area contributed by atoms with Crippen LogP contribution < -0.4 is 0 Å². The van der Waals surface area contributed by atoms with E-state index < -0.39 is 0 Å². The summed E-state index contributed by atoms with van der Waals surface area (Å²) in [6.07, 6.45) is 3.61. The number of nitrogens with zero attached hydrogens (tertiary/aromatic N) is 9. The Morgan fingerprint density at radius 3 is 0.959 bits per heavy atom. The number of hydrogen-bond donors (Lipinski definition) is 0. The Labute approximate surface area is 702 Å². The number of fused-ring (bicyclic) bond motifs is 16. The van der Waals surface area contributed by atoms with Crippen molar-refractivity contribution < 1.29 is 0 Å². The van der Waals surface area contributed by atoms with Crippen molar-refractivity contribution in [2.75, 3.05) is 0 Å². The van der Waals surface area contributed by atoms with Crippen LogP contribution in [-0.4, -0.2) is 44.0 Å². The van der Waals surface area contributed by atoms with Crippen LogP contribution >= 0.6 is 0 Å². The average Bonchev–Trinajstić information content (AvgIpc) is 1.59. The normalized spacial score (nSPS) is 11.6. The molecular formula is C113H71N9. The molecule has 16 aromatic carbocycles. The van der Waals surface area contributed by atoms with Crippen molar-refractivity contribution in [3.05, 3.63) is 431 Å². The standard InChI is InChI=1S/C63H40N4.C50H31N5/c1-3-15-41(16-4-1)43-27-31-45(32-28-43)57-40-58(46-33-29-44(30-34-46)42-17-5-2-6-18-42)66-63(65-57)47-35-37-49(38-36-47)67-59-26-14-12-24-54(59)60-61(64-56-25-13-11-23-53(56)62(60)67)55-39-48-19-7-8-20-50(48)51-21-9-10-22-52(51)55;1-2-14-36-33(13-1)29-41(38-16-4-3-15-37(36)38)49-48-40-18-6-8-22-47(40)55(50(48)39-17-5-7-19-42(39)54-49)35-25-23-32(24-26-35)34-30-45(43-20-9-11-27-51-43)53-46(31-34)44-21-10-12-28-52-44/h1-40H;1-31H. The van der Waals surface area contributed by atoms with E-state index in [9.17, 15) is 0 Å². The molecule has 0 spiro atoms. The molecular weight excluding hydrogens is 1480 g/mol. The highest BCUT2D eigenvalue weighted by Crippen LogP contribution is 2.48. The minimum atomic E-state index is 0.667. The molecule has 568 valence electrons. The van der Waals surface area contributed by atoms with Gasteiger partial charge in [0.05, 0.1) is 78.7 Å². The van der Waals surface area contributed by atoms with Crippen molar-refractivity contribution in [1.29, 1.82) is 0 Å². The second kappa shape index (κ2) is 29.9. The molecule has 0 radical (unpaired) electrons. The average molecular weight is 1550 g/mol. The van der Waals surface area contributed by atoms with Crippen LogP contribution in [0.2, 0.25) is 0 Å². The smallest absolute Gasteiger partial charge is 0.160 e. The molecule has 8 aromatic heterocycles. The SMILES string of the molecule is c1ccc(-c2cc(-c3ccc(-n4c5ccccc5c5c(-c6cc7ccccc7c7ccccc67)nc6ccccc6c54)cc3)cc(-c3ccccn3)n2)nc1.c1ccc(-c2ccc(-c3cc(-c4ccc(-c5ccccc5)cc4)nc(-c4ccc(-n5c6ccccc6c6c(-c7cc8ccccc8c8ccccc78)nc7ccccc7c65)cc4)n3)cc2)cc1. The van der Waals surface area contributed by atoms with E-state index in [2.05, 4.69) is 389 Å². The molecule has 0 aliphatic rings. The molecule has 122 heavy (non-hydrogen) atoms. The maximum atomic E-state index is 5.52. The lowest BCUT2D eigenvalue weighted by Crippen LogP contribution is -1.98. The van der Waals surface area contributed by atoms with Crippen LogP contribution in [0.1, 0.15) is 0 Å². The molecule has 24 aromatic rings. The highest BCUT2D eigenvalue weighted by Gasteiger charge is 2.26. The molecule has 9 nitrogen and oxygen atoms in total. The molecule has 0 aliphatic heterocycles. The molecule has 0 aliphatic carbocycles. The van der Waals surface area contributed by atoms with E-state index in [0.29, 0.717) is 5.82 Å². The van der Waals surface area contributed by atoms with E-state index in [4.69, 9.17) is 24.9 Å². The predicted octanol–water partition coefficient (Wildman–Crippen LogP) is 28.9. The lowest BCUT2D eigenvalue weighted by Gasteiger charge is -2.15. The first-order chi connectivity index (χ1) is 60.5. The molecule has 0 amide bonds. The number of hydrogen-bond acceptors (Lipinski definition) is 7. The van der Waals surface area contributed by atoms with Gasteiger partial charge in [-0.3, -0.25) is 9.97 Å². The van der Waals surface area contributed by atoms with Gasteiger partial charge in [-0.15, -0.1) is 0 Å². The minimum absolute atomic E-state index is 0.667. The van der Waals surface area contributed by atoms with Gasteiger partial charge in [0.15, 0.2) is 5.82 Å². The topological polar surface area (TPSA) is 100 Å². The first-order valence-corrected chi connectivity index (χ1v) is 41.2. The van der Waals surface area contributed by atoms with Crippen LogP contribution in [0.4, 0.5) is 0 Å². The molecule has 0 atom stereocenters. The number of benzene rings is 16. The fraction of sp³-hybridized carbons (Fsp3) is 0. The number of aromatic nitrogens is 9. The predicted molar refractivity (Wildman–Crippen MR) is 506 cm³/mol. The molecule has 24 rings (SSSR count). The van der Waals surface area contributed by atoms with Crippen LogP contribution in [0.25, 0.3) is 232 Å². The molecule has 0 fully saturated rings. The Kier molecular flexibility index (Phi) is 17.4. The van der Waals surface area contributed by atoms with Gasteiger partial charge in [-0.1, -0.05) is 303 Å². The van der Waals surface area contributed by atoms with Crippen molar-refractivity contribution in [1.82, 2.24) is 44.0 Å². The molecule has 0 N–H and O–H groups in total. The van der Waals surface area contributed by atoms with Gasteiger partial charge in [0, 0.05) is 83.9 Å². The van der Waals surface area contributed by atoms with E-state index >= 15 is 0 Å². The van der Waals surface area contributed by atoms with E-state index in [1.807, 2.05) is 48.5 Å². The van der Waals surface area contributed by atoms with Gasteiger partial charge in [0.2, 0.25) is 0 Å². The van der Waals surface area contributed by atoms with Crippen LogP contribution in [0.5, 0.6) is 0 Å². The molecule has 0 saturated carbocycles. The molecule has 9 heteroatoms. The molecule has 8 heterocycles. The summed E-state index contributed by atoms with van der Waals surface area (Å²) in [4.78, 5) is 35.8. The summed E-state index contributed by atoms with van der Waals surface area (Å²) in [7, 11) is 0. The zero-order valence-corrected chi connectivity index (χ0v) is 66.0. The van der Waals surface area contributed by atoms with Gasteiger partial charge in [-0.2, -0.15) is 0 Å². The minimum Gasteiger partial charge on any atom is -0.308 e. The largest absolute Gasteiger partial charge is 0.308 e. The van der Waals surface area contributed by atoms with Crippen LogP contribution in [0, 0.1) is 0 Å². The molecule has 0 bridgehead atoms. The fourth-order valence-corrected chi connectivity index (χ4v) is 18.1. The number of pyridine rings is 5. The van der Waals surface area contributed by atoms with E-state index in [0.717, 1.165) is 167 Å². The highest BCUT2D eigenvalue weighted by atomic mass is 15.0. The van der Waals surface area contributed by atoms with Gasteiger partial charge in [0.1, 0.15) is 0 Å². The van der Waals surface area contributed by atoms with Gasteiger partial charge in [-0.25, -0.2) is 24.9 Å². The summed E-state index contributed by atoms with van der Waals surface area (Å²) >= 11 is 0. The third-order valence-electron chi connectivity index (χ3n) is 23.9. The fourth-order valence-electron chi connectivity index (χ4n) is 18.1. The highest BCUT2D eigenvalue weighted by molar-refractivity contribution is 6.27. The first-order valence-electron chi connectivity index (χ1n) is 41.2. The van der Waals surface area contributed by atoms with E-state index in [1.165, 1.54) is 59.6 Å². The summed E-state index contributed by atoms with van der Waals surface area (Å²) in [5.41, 5.74) is 27.6. The Morgan fingerprint density at radius 1 is 0.189 bits per heavy atom.